The van der Waals surface area contributed by atoms with Crippen molar-refractivity contribution in [3.63, 3.8) is 0 Å². The van der Waals surface area contributed by atoms with E-state index in [1.807, 2.05) is 16.8 Å². The molecule has 2 heterocycles. The van der Waals surface area contributed by atoms with E-state index in [9.17, 15) is 9.59 Å². The minimum atomic E-state index is -0.0643. The van der Waals surface area contributed by atoms with Crippen LogP contribution in [0.3, 0.4) is 0 Å². The lowest BCUT2D eigenvalue weighted by Crippen LogP contribution is -2.50. The molecule has 3 amide bonds. The normalized spacial score (nSPS) is 22.8. The van der Waals surface area contributed by atoms with Crippen molar-refractivity contribution in [2.24, 2.45) is 17.6 Å². The van der Waals surface area contributed by atoms with Crippen LogP contribution in [0.4, 0.5) is 4.79 Å². The van der Waals surface area contributed by atoms with Crippen molar-refractivity contribution in [1.82, 2.24) is 14.7 Å². The van der Waals surface area contributed by atoms with E-state index in [0.29, 0.717) is 19.0 Å². The third-order valence-electron chi connectivity index (χ3n) is 5.45. The van der Waals surface area contributed by atoms with Crippen molar-refractivity contribution < 1.29 is 9.59 Å². The molecule has 0 aromatic rings. The largest absolute Gasteiger partial charge is 0.345 e. The lowest BCUT2D eigenvalue weighted by atomic mass is 9.96. The average Bonchev–Trinajstić information content (AvgIpc) is 3.12. The topological polar surface area (TPSA) is 69.9 Å². The molecule has 0 aliphatic carbocycles. The van der Waals surface area contributed by atoms with Crippen LogP contribution in [0.5, 0.6) is 0 Å². The molecule has 6 heteroatoms. The van der Waals surface area contributed by atoms with Crippen molar-refractivity contribution >= 4 is 11.9 Å². The number of amides is 3. The van der Waals surface area contributed by atoms with Gasteiger partial charge < -0.3 is 20.4 Å². The predicted molar refractivity (Wildman–Crippen MR) is 95.6 cm³/mol. The molecule has 0 radical (unpaired) electrons. The Hall–Kier alpha value is -1.30. The lowest BCUT2D eigenvalue weighted by Gasteiger charge is -2.36. The molecule has 0 bridgehead atoms. The zero-order chi connectivity index (χ0) is 17.7. The fourth-order valence-electron chi connectivity index (χ4n) is 3.56. The maximum absolute atomic E-state index is 12.7. The smallest absolute Gasteiger partial charge is 0.320 e. The number of nitrogens with two attached hydrogens (primary N) is 1. The van der Waals surface area contributed by atoms with Crippen LogP contribution in [0.15, 0.2) is 0 Å². The van der Waals surface area contributed by atoms with Crippen molar-refractivity contribution in [3.05, 3.63) is 0 Å². The van der Waals surface area contributed by atoms with Gasteiger partial charge in [0.05, 0.1) is 5.92 Å². The van der Waals surface area contributed by atoms with Gasteiger partial charge in [-0.15, -0.1) is 0 Å². The summed E-state index contributed by atoms with van der Waals surface area (Å²) in [5.41, 5.74) is 6.08. The zero-order valence-electron chi connectivity index (χ0n) is 15.5. The number of carbonyl (C=O) groups excluding carboxylic acids is 2. The summed E-state index contributed by atoms with van der Waals surface area (Å²) < 4.78 is 0. The molecule has 2 rings (SSSR count). The van der Waals surface area contributed by atoms with Crippen LogP contribution in [0.2, 0.25) is 0 Å². The summed E-state index contributed by atoms with van der Waals surface area (Å²) >= 11 is 0. The first-order chi connectivity index (χ1) is 11.4. The van der Waals surface area contributed by atoms with Gasteiger partial charge in [0.15, 0.2) is 0 Å². The molecular weight excluding hydrogens is 304 g/mol. The summed E-state index contributed by atoms with van der Waals surface area (Å²) in [6.45, 7) is 7.97. The maximum Gasteiger partial charge on any atom is 0.320 e. The van der Waals surface area contributed by atoms with Crippen LogP contribution in [0.25, 0.3) is 0 Å². The minimum absolute atomic E-state index is 0.0643. The third-order valence-corrected chi connectivity index (χ3v) is 5.45. The van der Waals surface area contributed by atoms with E-state index in [4.69, 9.17) is 5.73 Å². The highest BCUT2D eigenvalue weighted by molar-refractivity contribution is 5.81. The monoisotopic (exact) mass is 338 g/mol. The van der Waals surface area contributed by atoms with Gasteiger partial charge in [0, 0.05) is 45.8 Å². The van der Waals surface area contributed by atoms with E-state index in [1.54, 1.807) is 4.90 Å². The summed E-state index contributed by atoms with van der Waals surface area (Å²) in [4.78, 5) is 30.9. The quantitative estimate of drug-likeness (QED) is 0.830. The van der Waals surface area contributed by atoms with E-state index >= 15 is 0 Å². The van der Waals surface area contributed by atoms with Gasteiger partial charge in [-0.3, -0.25) is 4.79 Å². The standard InChI is InChI=1S/C18H34N4O2/c1-14(2)16(19)8-12-20(3)17(23)15-7-6-11-22(13-15)18(24)21-9-4-5-10-21/h14-16H,4-13,19H2,1-3H3. The maximum atomic E-state index is 12.7. The molecule has 138 valence electrons. The van der Waals surface area contributed by atoms with Crippen LogP contribution in [-0.2, 0) is 4.79 Å². The molecule has 2 aliphatic heterocycles. The molecule has 2 atom stereocenters. The molecule has 2 fully saturated rings. The zero-order valence-corrected chi connectivity index (χ0v) is 15.5. The van der Waals surface area contributed by atoms with Crippen molar-refractivity contribution in [2.75, 3.05) is 39.8 Å². The molecular formula is C18H34N4O2. The molecule has 2 aliphatic rings. The first kappa shape index (κ1) is 19.0. The first-order valence-corrected chi connectivity index (χ1v) is 9.44. The number of hydrogen-bond donors (Lipinski definition) is 1. The Morgan fingerprint density at radius 1 is 1.12 bits per heavy atom. The molecule has 24 heavy (non-hydrogen) atoms. The van der Waals surface area contributed by atoms with Gasteiger partial charge in [-0.2, -0.15) is 0 Å². The van der Waals surface area contributed by atoms with E-state index in [0.717, 1.165) is 51.7 Å². The summed E-state index contributed by atoms with van der Waals surface area (Å²) in [7, 11) is 1.86. The van der Waals surface area contributed by atoms with Gasteiger partial charge in [0.2, 0.25) is 5.91 Å². The van der Waals surface area contributed by atoms with Crippen molar-refractivity contribution in [2.45, 2.75) is 52.0 Å². The second kappa shape index (κ2) is 8.70. The van der Waals surface area contributed by atoms with Crippen LogP contribution in [0.1, 0.15) is 46.0 Å². The Kier molecular flexibility index (Phi) is 6.90. The summed E-state index contributed by atoms with van der Waals surface area (Å²) in [6.07, 6.45) is 4.81. The summed E-state index contributed by atoms with van der Waals surface area (Å²) in [6, 6.07) is 0.245. The number of rotatable bonds is 5. The molecule has 2 unspecified atom stereocenters. The van der Waals surface area contributed by atoms with Crippen LogP contribution < -0.4 is 5.73 Å². The van der Waals surface area contributed by atoms with Crippen LogP contribution >= 0.6 is 0 Å². The summed E-state index contributed by atoms with van der Waals surface area (Å²) in [5, 5.41) is 0. The van der Waals surface area contributed by atoms with E-state index in [-0.39, 0.29) is 23.9 Å². The van der Waals surface area contributed by atoms with E-state index in [2.05, 4.69) is 13.8 Å². The molecule has 2 saturated heterocycles. The number of hydrogen-bond acceptors (Lipinski definition) is 3. The van der Waals surface area contributed by atoms with Crippen molar-refractivity contribution in [3.8, 4) is 0 Å². The molecule has 2 N–H and O–H groups in total. The Balaban J connectivity index is 1.84. The van der Waals surface area contributed by atoms with Gasteiger partial charge >= 0.3 is 6.03 Å². The van der Waals surface area contributed by atoms with E-state index in [1.165, 1.54) is 0 Å². The van der Waals surface area contributed by atoms with Gasteiger partial charge in [0.1, 0.15) is 0 Å². The van der Waals surface area contributed by atoms with Gasteiger partial charge in [-0.25, -0.2) is 4.79 Å². The Morgan fingerprint density at radius 3 is 2.38 bits per heavy atom. The van der Waals surface area contributed by atoms with Crippen LogP contribution in [-0.4, -0.2) is 72.5 Å². The lowest BCUT2D eigenvalue weighted by molar-refractivity contribution is -0.135. The van der Waals surface area contributed by atoms with Gasteiger partial charge in [0.25, 0.3) is 0 Å². The molecule has 0 aromatic heterocycles. The number of carbonyl (C=O) groups is 2. The summed E-state index contributed by atoms with van der Waals surface area (Å²) in [5.74, 6) is 0.521. The number of likely N-dealkylation sites (tertiary alicyclic amines) is 2. The number of nitrogens with zero attached hydrogens (tertiary/aromatic N) is 3. The Bertz CT molecular complexity index is 435. The second-order valence-electron chi connectivity index (χ2n) is 7.72. The van der Waals surface area contributed by atoms with Gasteiger partial charge in [-0.1, -0.05) is 13.8 Å². The Morgan fingerprint density at radius 2 is 1.75 bits per heavy atom. The highest BCUT2D eigenvalue weighted by Gasteiger charge is 2.32. The predicted octanol–water partition coefficient (Wildman–Crippen LogP) is 1.75. The highest BCUT2D eigenvalue weighted by atomic mass is 16.2. The average molecular weight is 338 g/mol. The third kappa shape index (κ3) is 4.85. The Labute approximate surface area is 146 Å². The molecule has 0 saturated carbocycles. The fourth-order valence-corrected chi connectivity index (χ4v) is 3.56. The van der Waals surface area contributed by atoms with Gasteiger partial charge in [-0.05, 0) is 38.0 Å². The number of urea groups is 1. The highest BCUT2D eigenvalue weighted by Crippen LogP contribution is 2.21. The SMILES string of the molecule is CC(C)C(N)CCN(C)C(=O)C1CCCN(C(=O)N2CCCC2)C1. The molecule has 6 nitrogen and oxygen atoms in total. The minimum Gasteiger partial charge on any atom is -0.345 e. The second-order valence-corrected chi connectivity index (χ2v) is 7.72. The first-order valence-electron chi connectivity index (χ1n) is 9.44. The fraction of sp³-hybridized carbons (Fsp3) is 0.889. The van der Waals surface area contributed by atoms with E-state index < -0.39 is 0 Å². The number of piperidine rings is 1. The van der Waals surface area contributed by atoms with Crippen molar-refractivity contribution in [1.29, 1.82) is 0 Å². The van der Waals surface area contributed by atoms with Crippen LogP contribution in [0, 0.1) is 11.8 Å². The molecule has 0 spiro atoms. The molecule has 0 aromatic carbocycles.